The summed E-state index contributed by atoms with van der Waals surface area (Å²) < 4.78 is 36.6. The lowest BCUT2D eigenvalue weighted by Gasteiger charge is -2.08. The largest absolute Gasteiger partial charge is 0.446 e. The molecule has 2 N–H and O–H groups in total. The van der Waals surface area contributed by atoms with Crippen molar-refractivity contribution in [2.45, 2.75) is 10.4 Å². The van der Waals surface area contributed by atoms with Gasteiger partial charge < -0.3 is 5.73 Å². The maximum Gasteiger partial charge on any atom is 0.446 e. The van der Waals surface area contributed by atoms with Gasteiger partial charge in [0, 0.05) is 14.2 Å². The molecule has 0 bridgehead atoms. The second-order valence-corrected chi connectivity index (χ2v) is 5.03. The van der Waals surface area contributed by atoms with Crippen molar-refractivity contribution in [1.29, 1.82) is 0 Å². The molecule has 0 aliphatic rings. The first-order valence-corrected chi connectivity index (χ1v) is 5.57. The number of anilines is 1. The first kappa shape index (κ1) is 12.3. The van der Waals surface area contributed by atoms with Crippen LogP contribution in [0.2, 0.25) is 5.02 Å². The fraction of sp³-hybridized carbons (Fsp3) is 0.143. The normalized spacial score (nSPS) is 11.8. The highest BCUT2D eigenvalue weighted by molar-refractivity contribution is 14.1. The minimum absolute atomic E-state index is 0.0187. The van der Waals surface area contributed by atoms with Crippen LogP contribution in [0.3, 0.4) is 0 Å². The molecule has 0 aromatic heterocycles. The first-order chi connectivity index (χ1) is 6.29. The van der Waals surface area contributed by atoms with E-state index >= 15 is 0 Å². The fourth-order valence-electron chi connectivity index (χ4n) is 0.747. The maximum atomic E-state index is 12.0. The van der Waals surface area contributed by atoms with Crippen LogP contribution in [0, 0.1) is 3.57 Å². The lowest BCUT2D eigenvalue weighted by Crippen LogP contribution is -2.00. The van der Waals surface area contributed by atoms with Gasteiger partial charge in [-0.15, -0.1) is 0 Å². The molecule has 7 heteroatoms. The van der Waals surface area contributed by atoms with Gasteiger partial charge in [-0.1, -0.05) is 11.6 Å². The van der Waals surface area contributed by atoms with Gasteiger partial charge in [-0.3, -0.25) is 0 Å². The lowest BCUT2D eigenvalue weighted by molar-refractivity contribution is -0.0328. The Morgan fingerprint density at radius 2 is 1.93 bits per heavy atom. The number of halogens is 5. The Morgan fingerprint density at radius 3 is 2.43 bits per heavy atom. The molecule has 0 radical (unpaired) electrons. The number of thioether (sulfide) groups is 1. The summed E-state index contributed by atoms with van der Waals surface area (Å²) >= 11 is 7.22. The van der Waals surface area contributed by atoms with Crippen molar-refractivity contribution in [2.24, 2.45) is 0 Å². The van der Waals surface area contributed by atoms with E-state index in [0.717, 1.165) is 0 Å². The smallest absolute Gasteiger partial charge is 0.398 e. The quantitative estimate of drug-likeness (QED) is 0.466. The fourth-order valence-corrected chi connectivity index (χ4v) is 2.30. The van der Waals surface area contributed by atoms with Gasteiger partial charge in [0.15, 0.2) is 0 Å². The first-order valence-electron chi connectivity index (χ1n) is 3.30. The zero-order valence-electron chi connectivity index (χ0n) is 6.53. The van der Waals surface area contributed by atoms with Crippen LogP contribution in [-0.2, 0) is 0 Å². The number of rotatable bonds is 1. The van der Waals surface area contributed by atoms with E-state index in [4.69, 9.17) is 17.3 Å². The molecular formula is C7H4ClF3INS. The van der Waals surface area contributed by atoms with Crippen molar-refractivity contribution >= 4 is 51.6 Å². The predicted octanol–water partition coefficient (Wildman–Crippen LogP) is 4.14. The van der Waals surface area contributed by atoms with E-state index in [9.17, 15) is 13.2 Å². The van der Waals surface area contributed by atoms with E-state index in [1.807, 2.05) is 22.6 Å². The molecule has 14 heavy (non-hydrogen) atoms. The van der Waals surface area contributed by atoms with Gasteiger partial charge in [-0.05, 0) is 46.5 Å². The van der Waals surface area contributed by atoms with Crippen LogP contribution in [0.4, 0.5) is 18.9 Å². The molecule has 0 aliphatic carbocycles. The second kappa shape index (κ2) is 4.36. The zero-order valence-corrected chi connectivity index (χ0v) is 10.3. The van der Waals surface area contributed by atoms with E-state index in [-0.39, 0.29) is 21.7 Å². The molecule has 0 amide bonds. The van der Waals surface area contributed by atoms with Crippen LogP contribution in [-0.4, -0.2) is 5.51 Å². The third kappa shape index (κ3) is 3.39. The van der Waals surface area contributed by atoms with Gasteiger partial charge in [-0.25, -0.2) is 0 Å². The molecule has 0 saturated carbocycles. The van der Waals surface area contributed by atoms with Crippen molar-refractivity contribution in [3.8, 4) is 0 Å². The van der Waals surface area contributed by atoms with E-state index < -0.39 is 5.51 Å². The predicted molar refractivity (Wildman–Crippen MR) is 60.5 cm³/mol. The minimum atomic E-state index is -4.33. The third-order valence-corrected chi connectivity index (χ3v) is 3.43. The Morgan fingerprint density at radius 1 is 1.36 bits per heavy atom. The molecular weight excluding hydrogens is 350 g/mol. The summed E-state index contributed by atoms with van der Waals surface area (Å²) in [6, 6.07) is 2.63. The SMILES string of the molecule is Nc1cc(Cl)c(SC(F)(F)F)cc1I. The van der Waals surface area contributed by atoms with Crippen molar-refractivity contribution in [1.82, 2.24) is 0 Å². The van der Waals surface area contributed by atoms with E-state index in [0.29, 0.717) is 9.26 Å². The Balaban J connectivity index is 3.04. The van der Waals surface area contributed by atoms with E-state index in [1.54, 1.807) is 0 Å². The summed E-state index contributed by atoms with van der Waals surface area (Å²) in [5.41, 5.74) is 1.52. The third-order valence-electron chi connectivity index (χ3n) is 1.28. The molecule has 0 heterocycles. The number of hydrogen-bond donors (Lipinski definition) is 1. The highest BCUT2D eigenvalue weighted by Crippen LogP contribution is 2.41. The Labute approximate surface area is 101 Å². The van der Waals surface area contributed by atoms with Gasteiger partial charge in [0.1, 0.15) is 0 Å². The Bertz CT molecular complexity index is 356. The van der Waals surface area contributed by atoms with Gasteiger partial charge in [-0.2, -0.15) is 13.2 Å². The van der Waals surface area contributed by atoms with Crippen molar-refractivity contribution < 1.29 is 13.2 Å². The molecule has 1 aromatic carbocycles. The summed E-state index contributed by atoms with van der Waals surface area (Å²) in [7, 11) is 0. The summed E-state index contributed by atoms with van der Waals surface area (Å²) in [4.78, 5) is -0.0298. The summed E-state index contributed by atoms with van der Waals surface area (Å²) in [6.45, 7) is 0. The van der Waals surface area contributed by atoms with Gasteiger partial charge in [0.2, 0.25) is 0 Å². The highest BCUT2D eigenvalue weighted by Gasteiger charge is 2.30. The molecule has 0 unspecified atom stereocenters. The van der Waals surface area contributed by atoms with Crippen molar-refractivity contribution in [2.75, 3.05) is 5.73 Å². The molecule has 0 spiro atoms. The number of nitrogen functional groups attached to an aromatic ring is 1. The minimum Gasteiger partial charge on any atom is -0.398 e. The zero-order chi connectivity index (χ0) is 10.9. The van der Waals surface area contributed by atoms with E-state index in [1.165, 1.54) is 12.1 Å². The summed E-state index contributed by atoms with van der Waals surface area (Å²) in [5.74, 6) is 0. The van der Waals surface area contributed by atoms with Gasteiger partial charge in [0.25, 0.3) is 0 Å². The average molecular weight is 354 g/mol. The second-order valence-electron chi connectivity index (χ2n) is 2.35. The van der Waals surface area contributed by atoms with Crippen LogP contribution in [0.1, 0.15) is 0 Å². The number of hydrogen-bond acceptors (Lipinski definition) is 2. The number of alkyl halides is 3. The van der Waals surface area contributed by atoms with Crippen LogP contribution in [0.5, 0.6) is 0 Å². The van der Waals surface area contributed by atoms with Crippen LogP contribution < -0.4 is 5.73 Å². The maximum absolute atomic E-state index is 12.0. The highest BCUT2D eigenvalue weighted by atomic mass is 127. The van der Waals surface area contributed by atoms with E-state index in [2.05, 4.69) is 0 Å². The molecule has 0 aliphatic heterocycles. The topological polar surface area (TPSA) is 26.0 Å². The Kier molecular flexibility index (Phi) is 3.81. The van der Waals surface area contributed by atoms with Crippen molar-refractivity contribution in [3.63, 3.8) is 0 Å². The monoisotopic (exact) mass is 353 g/mol. The molecule has 0 atom stereocenters. The molecule has 0 saturated heterocycles. The van der Waals surface area contributed by atoms with Crippen molar-refractivity contribution in [3.05, 3.63) is 20.7 Å². The number of nitrogens with two attached hydrogens (primary N) is 1. The van der Waals surface area contributed by atoms with Crippen LogP contribution >= 0.6 is 46.0 Å². The summed E-state index contributed by atoms with van der Waals surface area (Å²) in [6.07, 6.45) is 0. The molecule has 1 aromatic rings. The molecule has 1 nitrogen and oxygen atoms in total. The average Bonchev–Trinajstić information content (AvgIpc) is 1.97. The van der Waals surface area contributed by atoms with Crippen LogP contribution in [0.15, 0.2) is 17.0 Å². The lowest BCUT2D eigenvalue weighted by atomic mass is 10.3. The molecule has 0 fully saturated rings. The summed E-state index contributed by atoms with van der Waals surface area (Å²) in [5, 5.41) is 0.0187. The van der Waals surface area contributed by atoms with Gasteiger partial charge >= 0.3 is 5.51 Å². The molecule has 78 valence electrons. The standard InChI is InChI=1S/C7H4ClF3INS/c8-3-1-5(13)4(12)2-6(3)14-7(9,10)11/h1-2H,13H2. The molecule has 1 rings (SSSR count). The Hall–Kier alpha value is 0.180. The van der Waals surface area contributed by atoms with Gasteiger partial charge in [0.05, 0.1) is 5.02 Å². The number of benzene rings is 1. The van der Waals surface area contributed by atoms with Crippen LogP contribution in [0.25, 0.3) is 0 Å².